The zero-order chi connectivity index (χ0) is 33.0. The zero-order valence-corrected chi connectivity index (χ0v) is 25.6. The van der Waals surface area contributed by atoms with Crippen molar-refractivity contribution >= 4 is 35.8 Å². The third-order valence-corrected chi connectivity index (χ3v) is 7.58. The highest BCUT2D eigenvalue weighted by molar-refractivity contribution is 5.96. The van der Waals surface area contributed by atoms with Crippen molar-refractivity contribution in [1.29, 1.82) is 0 Å². The number of aliphatic carboxylic acids is 1. The predicted molar refractivity (Wildman–Crippen MR) is 177 cm³/mol. The van der Waals surface area contributed by atoms with E-state index in [4.69, 9.17) is 4.74 Å². The van der Waals surface area contributed by atoms with E-state index in [9.17, 15) is 24.3 Å². The highest BCUT2D eigenvalue weighted by Gasteiger charge is 2.31. The molecular weight excluding hydrogens is 598 g/mol. The average molecular weight is 634 g/mol. The van der Waals surface area contributed by atoms with E-state index in [0.717, 1.165) is 27.8 Å². The van der Waals surface area contributed by atoms with Crippen molar-refractivity contribution in [3.05, 3.63) is 137 Å². The van der Waals surface area contributed by atoms with Crippen molar-refractivity contribution < 1.29 is 29.0 Å². The molecule has 4 aromatic carbocycles. The minimum atomic E-state index is -1.09. The second-order valence-electron chi connectivity index (χ2n) is 11.0. The van der Waals surface area contributed by atoms with Gasteiger partial charge in [-0.25, -0.2) is 10.2 Å². The van der Waals surface area contributed by atoms with Crippen molar-refractivity contribution in [2.24, 2.45) is 5.10 Å². The number of benzene rings is 4. The fourth-order valence-electron chi connectivity index (χ4n) is 5.08. The van der Waals surface area contributed by atoms with Gasteiger partial charge in [0, 0.05) is 30.9 Å². The molecule has 0 aromatic heterocycles. The smallest absolute Gasteiger partial charge is 0.428 e. The second-order valence-corrected chi connectivity index (χ2v) is 11.0. The highest BCUT2D eigenvalue weighted by Crippen LogP contribution is 2.26. The maximum absolute atomic E-state index is 13.3. The van der Waals surface area contributed by atoms with Crippen LogP contribution >= 0.6 is 0 Å². The number of rotatable bonds is 12. The molecular formula is C36H35N5O6. The summed E-state index contributed by atoms with van der Waals surface area (Å²) < 4.78 is 5.12. The molecule has 11 nitrogen and oxygen atoms in total. The first kappa shape index (κ1) is 32.4. The van der Waals surface area contributed by atoms with Crippen LogP contribution in [0.25, 0.3) is 0 Å². The normalized spacial score (nSPS) is 14.1. The average Bonchev–Trinajstić information content (AvgIpc) is 3.21. The number of anilines is 1. The topological polar surface area (TPSA) is 149 Å². The molecule has 1 heterocycles. The van der Waals surface area contributed by atoms with Crippen LogP contribution < -0.4 is 16.1 Å². The lowest BCUT2D eigenvalue weighted by Crippen LogP contribution is -2.42. The molecule has 11 heteroatoms. The van der Waals surface area contributed by atoms with Gasteiger partial charge in [0.05, 0.1) is 12.6 Å². The SMILES string of the molecule is O=C(O)CC1Nc2cc(C(=O)NCc3ccc(C=NNC(=O)OCc4ccccc4)cc3)ccc2CN(CCc2ccccc2)C1=O. The van der Waals surface area contributed by atoms with Crippen molar-refractivity contribution in [2.45, 2.75) is 38.6 Å². The minimum Gasteiger partial charge on any atom is -0.481 e. The van der Waals surface area contributed by atoms with Gasteiger partial charge >= 0.3 is 12.1 Å². The number of carboxylic acid groups (broad SMARTS) is 1. The number of hydrogen-bond acceptors (Lipinski definition) is 7. The number of nitrogens with one attached hydrogen (secondary N) is 3. The molecule has 240 valence electrons. The monoisotopic (exact) mass is 633 g/mol. The van der Waals surface area contributed by atoms with Crippen molar-refractivity contribution in [3.63, 3.8) is 0 Å². The quantitative estimate of drug-likeness (QED) is 0.130. The number of ether oxygens (including phenoxy) is 1. The van der Waals surface area contributed by atoms with Gasteiger partial charge in [-0.2, -0.15) is 5.10 Å². The third kappa shape index (κ3) is 9.51. The highest BCUT2D eigenvalue weighted by atomic mass is 16.6. The molecule has 1 atom stereocenters. The summed E-state index contributed by atoms with van der Waals surface area (Å²) in [5.41, 5.74) is 7.60. The summed E-state index contributed by atoms with van der Waals surface area (Å²) in [5.74, 6) is -1.70. The lowest BCUT2D eigenvalue weighted by molar-refractivity contribution is -0.141. The number of carbonyl (C=O) groups is 4. The third-order valence-electron chi connectivity index (χ3n) is 7.58. The van der Waals surface area contributed by atoms with Crippen LogP contribution in [-0.2, 0) is 40.4 Å². The maximum Gasteiger partial charge on any atom is 0.428 e. The Morgan fingerprint density at radius 1 is 0.915 bits per heavy atom. The Morgan fingerprint density at radius 3 is 2.32 bits per heavy atom. The van der Waals surface area contributed by atoms with Crippen LogP contribution in [0.5, 0.6) is 0 Å². The van der Waals surface area contributed by atoms with E-state index in [2.05, 4.69) is 21.2 Å². The number of hydrazone groups is 1. The van der Waals surface area contributed by atoms with E-state index < -0.39 is 18.1 Å². The molecule has 3 amide bonds. The molecule has 0 spiro atoms. The molecule has 0 fully saturated rings. The summed E-state index contributed by atoms with van der Waals surface area (Å²) in [7, 11) is 0. The first-order chi connectivity index (χ1) is 22.8. The maximum atomic E-state index is 13.3. The van der Waals surface area contributed by atoms with Crippen LogP contribution in [0.1, 0.15) is 44.6 Å². The molecule has 47 heavy (non-hydrogen) atoms. The van der Waals surface area contributed by atoms with Gasteiger partial charge < -0.3 is 25.4 Å². The van der Waals surface area contributed by atoms with Crippen LogP contribution in [0.2, 0.25) is 0 Å². The summed E-state index contributed by atoms with van der Waals surface area (Å²) >= 11 is 0. The summed E-state index contributed by atoms with van der Waals surface area (Å²) in [6.45, 7) is 1.14. The summed E-state index contributed by atoms with van der Waals surface area (Å²) in [4.78, 5) is 51.5. The number of amides is 3. The molecule has 1 unspecified atom stereocenters. The number of carboxylic acids is 1. The molecule has 1 aliphatic rings. The van der Waals surface area contributed by atoms with Gasteiger partial charge in [0.25, 0.3) is 5.91 Å². The van der Waals surface area contributed by atoms with Gasteiger partial charge in [-0.1, -0.05) is 91.0 Å². The van der Waals surface area contributed by atoms with Gasteiger partial charge in [0.15, 0.2) is 0 Å². The Bertz CT molecular complexity index is 1730. The minimum absolute atomic E-state index is 0.142. The first-order valence-corrected chi connectivity index (χ1v) is 15.1. The lowest BCUT2D eigenvalue weighted by atomic mass is 10.1. The van der Waals surface area contributed by atoms with Gasteiger partial charge in [-0.15, -0.1) is 0 Å². The molecule has 1 aliphatic heterocycles. The van der Waals surface area contributed by atoms with E-state index in [1.807, 2.05) is 72.8 Å². The van der Waals surface area contributed by atoms with Gasteiger partial charge in [-0.3, -0.25) is 14.4 Å². The van der Waals surface area contributed by atoms with E-state index in [-0.39, 0.29) is 31.4 Å². The van der Waals surface area contributed by atoms with Gasteiger partial charge in [0.2, 0.25) is 5.91 Å². The van der Waals surface area contributed by atoms with Gasteiger partial charge in [0.1, 0.15) is 12.6 Å². The molecule has 0 radical (unpaired) electrons. The fourth-order valence-corrected chi connectivity index (χ4v) is 5.08. The Balaban J connectivity index is 1.15. The van der Waals surface area contributed by atoms with Gasteiger partial charge in [-0.05, 0) is 46.4 Å². The molecule has 0 aliphatic carbocycles. The van der Waals surface area contributed by atoms with E-state index in [1.54, 1.807) is 35.2 Å². The Labute approximate surface area is 272 Å². The van der Waals surface area contributed by atoms with Crippen LogP contribution in [0.15, 0.2) is 108 Å². The van der Waals surface area contributed by atoms with Crippen LogP contribution in [-0.4, -0.2) is 52.7 Å². The molecule has 0 bridgehead atoms. The largest absolute Gasteiger partial charge is 0.481 e. The molecule has 0 saturated carbocycles. The predicted octanol–water partition coefficient (Wildman–Crippen LogP) is 4.72. The number of carbonyl (C=O) groups excluding carboxylic acids is 3. The number of nitrogens with zero attached hydrogens (tertiary/aromatic N) is 2. The van der Waals surface area contributed by atoms with Crippen LogP contribution in [0.3, 0.4) is 0 Å². The molecule has 5 rings (SSSR count). The van der Waals surface area contributed by atoms with Crippen molar-refractivity contribution in [2.75, 3.05) is 11.9 Å². The number of fused-ring (bicyclic) bond motifs is 1. The molecule has 4 N–H and O–H groups in total. The summed E-state index contributed by atoms with van der Waals surface area (Å²) in [6.07, 6.45) is 1.07. The van der Waals surface area contributed by atoms with Crippen LogP contribution in [0.4, 0.5) is 10.5 Å². The Hall–Kier alpha value is -5.97. The van der Waals surface area contributed by atoms with Crippen LogP contribution in [0, 0.1) is 0 Å². The Kier molecular flexibility index (Phi) is 10.9. The second kappa shape index (κ2) is 15.8. The standard InChI is InChI=1S/C36H35N5O6/c42-33(43)20-32-35(45)41(18-17-25-7-3-1-4-8-25)23-30-16-15-29(19-31(30)39-32)34(44)37-21-26-11-13-27(14-12-26)22-38-40-36(46)47-24-28-9-5-2-6-10-28/h1-16,19,22,32,39H,17-18,20-21,23-24H2,(H,37,44)(H,40,46)(H,42,43). The van der Waals surface area contributed by atoms with Crippen molar-refractivity contribution in [3.8, 4) is 0 Å². The first-order valence-electron chi connectivity index (χ1n) is 15.1. The lowest BCUT2D eigenvalue weighted by Gasteiger charge is -2.24. The zero-order valence-electron chi connectivity index (χ0n) is 25.6. The summed E-state index contributed by atoms with van der Waals surface area (Å²) in [6, 6.07) is 30.6. The van der Waals surface area contributed by atoms with E-state index >= 15 is 0 Å². The molecule has 4 aromatic rings. The number of hydrogen-bond donors (Lipinski definition) is 4. The fraction of sp³-hybridized carbons (Fsp3) is 0.194. The van der Waals surface area contributed by atoms with Crippen molar-refractivity contribution in [1.82, 2.24) is 15.6 Å². The van der Waals surface area contributed by atoms with E-state index in [1.165, 1.54) is 6.21 Å². The summed E-state index contributed by atoms with van der Waals surface area (Å²) in [5, 5.41) is 19.4. The Morgan fingerprint density at radius 2 is 1.62 bits per heavy atom. The van der Waals surface area contributed by atoms with E-state index in [0.29, 0.717) is 30.8 Å². The molecule has 0 saturated heterocycles.